The van der Waals surface area contributed by atoms with Crippen molar-refractivity contribution < 1.29 is 0 Å². The van der Waals surface area contributed by atoms with E-state index in [0.717, 1.165) is 24.3 Å². The van der Waals surface area contributed by atoms with Crippen LogP contribution in [0.4, 0.5) is 5.69 Å². The van der Waals surface area contributed by atoms with Gasteiger partial charge in [0, 0.05) is 12.1 Å². The predicted molar refractivity (Wildman–Crippen MR) is 70.9 cm³/mol. The third-order valence-electron chi connectivity index (χ3n) is 2.75. The van der Waals surface area contributed by atoms with Gasteiger partial charge in [0.2, 0.25) is 0 Å². The van der Waals surface area contributed by atoms with Gasteiger partial charge in [-0.05, 0) is 25.5 Å². The van der Waals surface area contributed by atoms with E-state index in [1.807, 2.05) is 18.3 Å². The number of benzene rings is 1. The Morgan fingerprint density at radius 1 is 1.35 bits per heavy atom. The van der Waals surface area contributed by atoms with E-state index in [0.29, 0.717) is 6.54 Å². The van der Waals surface area contributed by atoms with Crippen LogP contribution in [0.2, 0.25) is 0 Å². The molecule has 0 amide bonds. The zero-order valence-corrected chi connectivity index (χ0v) is 10.0. The normalized spacial score (nSPS) is 10.5. The SMILES string of the molecule is Cc1ccccc1-c1[nH]ncc1NCCCN. The summed E-state index contributed by atoms with van der Waals surface area (Å²) in [4.78, 5) is 0. The van der Waals surface area contributed by atoms with Crippen molar-refractivity contribution in [1.82, 2.24) is 10.2 Å². The van der Waals surface area contributed by atoms with Crippen molar-refractivity contribution in [1.29, 1.82) is 0 Å². The maximum atomic E-state index is 5.48. The number of nitrogens with one attached hydrogen (secondary N) is 2. The molecule has 0 aliphatic rings. The van der Waals surface area contributed by atoms with Crippen LogP contribution in [0.1, 0.15) is 12.0 Å². The Morgan fingerprint density at radius 2 is 2.18 bits per heavy atom. The molecule has 0 spiro atoms. The smallest absolute Gasteiger partial charge is 0.0884 e. The van der Waals surface area contributed by atoms with Gasteiger partial charge in [-0.2, -0.15) is 5.10 Å². The minimum Gasteiger partial charge on any atom is -0.382 e. The third-order valence-corrected chi connectivity index (χ3v) is 2.75. The van der Waals surface area contributed by atoms with Crippen LogP contribution in [-0.2, 0) is 0 Å². The summed E-state index contributed by atoms with van der Waals surface area (Å²) in [5.41, 5.74) is 9.97. The summed E-state index contributed by atoms with van der Waals surface area (Å²) in [7, 11) is 0. The van der Waals surface area contributed by atoms with Crippen molar-refractivity contribution in [3.05, 3.63) is 36.0 Å². The van der Waals surface area contributed by atoms with Gasteiger partial charge in [-0.3, -0.25) is 5.10 Å². The van der Waals surface area contributed by atoms with Gasteiger partial charge in [-0.25, -0.2) is 0 Å². The zero-order chi connectivity index (χ0) is 12.1. The van der Waals surface area contributed by atoms with Crippen LogP contribution in [0, 0.1) is 6.92 Å². The number of H-pyrrole nitrogens is 1. The van der Waals surface area contributed by atoms with Crippen LogP contribution in [0.15, 0.2) is 30.5 Å². The van der Waals surface area contributed by atoms with Crippen molar-refractivity contribution >= 4 is 5.69 Å². The maximum Gasteiger partial charge on any atom is 0.0884 e. The van der Waals surface area contributed by atoms with Gasteiger partial charge in [0.05, 0.1) is 17.6 Å². The molecule has 90 valence electrons. The molecule has 0 saturated carbocycles. The Labute approximate surface area is 101 Å². The van der Waals surface area contributed by atoms with Crippen LogP contribution >= 0.6 is 0 Å². The predicted octanol–water partition coefficient (Wildman–Crippen LogP) is 2.15. The largest absolute Gasteiger partial charge is 0.382 e. The van der Waals surface area contributed by atoms with E-state index >= 15 is 0 Å². The van der Waals surface area contributed by atoms with Crippen LogP contribution in [0.3, 0.4) is 0 Å². The van der Waals surface area contributed by atoms with E-state index in [1.54, 1.807) is 0 Å². The van der Waals surface area contributed by atoms with Crippen LogP contribution < -0.4 is 11.1 Å². The second-order valence-electron chi connectivity index (χ2n) is 4.04. The highest BCUT2D eigenvalue weighted by atomic mass is 15.1. The lowest BCUT2D eigenvalue weighted by Gasteiger charge is -2.08. The molecule has 4 N–H and O–H groups in total. The highest BCUT2D eigenvalue weighted by Crippen LogP contribution is 2.27. The van der Waals surface area contributed by atoms with Crippen molar-refractivity contribution in [2.45, 2.75) is 13.3 Å². The minimum atomic E-state index is 0.699. The van der Waals surface area contributed by atoms with Crippen LogP contribution in [0.5, 0.6) is 0 Å². The summed E-state index contributed by atoms with van der Waals surface area (Å²) in [6.07, 6.45) is 2.77. The summed E-state index contributed by atoms with van der Waals surface area (Å²) in [5.74, 6) is 0. The molecule has 0 atom stereocenters. The monoisotopic (exact) mass is 230 g/mol. The molecule has 0 aliphatic heterocycles. The molecule has 1 aromatic heterocycles. The van der Waals surface area contributed by atoms with E-state index in [1.165, 1.54) is 11.1 Å². The van der Waals surface area contributed by atoms with Gasteiger partial charge in [-0.1, -0.05) is 24.3 Å². The number of nitrogens with two attached hydrogens (primary N) is 1. The molecule has 0 radical (unpaired) electrons. The molecule has 2 aromatic rings. The molecule has 4 heteroatoms. The summed E-state index contributed by atoms with van der Waals surface area (Å²) >= 11 is 0. The Morgan fingerprint density at radius 3 is 2.94 bits per heavy atom. The summed E-state index contributed by atoms with van der Waals surface area (Å²) in [5, 5.41) is 10.5. The van der Waals surface area contributed by atoms with Crippen LogP contribution in [0.25, 0.3) is 11.3 Å². The molecule has 0 unspecified atom stereocenters. The first-order chi connectivity index (χ1) is 8.33. The third kappa shape index (κ3) is 2.65. The molecule has 1 aromatic carbocycles. The van der Waals surface area contributed by atoms with Crippen molar-refractivity contribution in [2.24, 2.45) is 5.73 Å². The molecule has 0 saturated heterocycles. The van der Waals surface area contributed by atoms with Gasteiger partial charge in [0.15, 0.2) is 0 Å². The maximum absolute atomic E-state index is 5.48. The quantitative estimate of drug-likeness (QED) is 0.689. The lowest BCUT2D eigenvalue weighted by Crippen LogP contribution is -2.08. The lowest BCUT2D eigenvalue weighted by molar-refractivity contribution is 0.875. The van der Waals surface area contributed by atoms with Crippen molar-refractivity contribution in [3.63, 3.8) is 0 Å². The highest BCUT2D eigenvalue weighted by Gasteiger charge is 2.08. The van der Waals surface area contributed by atoms with E-state index in [9.17, 15) is 0 Å². The fourth-order valence-corrected chi connectivity index (χ4v) is 1.80. The first-order valence-corrected chi connectivity index (χ1v) is 5.86. The first-order valence-electron chi connectivity index (χ1n) is 5.86. The van der Waals surface area contributed by atoms with Crippen molar-refractivity contribution in [3.8, 4) is 11.3 Å². The van der Waals surface area contributed by atoms with Crippen molar-refractivity contribution in [2.75, 3.05) is 18.4 Å². The van der Waals surface area contributed by atoms with Gasteiger partial charge >= 0.3 is 0 Å². The lowest BCUT2D eigenvalue weighted by atomic mass is 10.1. The average molecular weight is 230 g/mol. The molecule has 4 nitrogen and oxygen atoms in total. The highest BCUT2D eigenvalue weighted by molar-refractivity contribution is 5.75. The molecule has 1 heterocycles. The molecule has 0 fully saturated rings. The average Bonchev–Trinajstić information content (AvgIpc) is 2.78. The number of anilines is 1. The molecule has 0 bridgehead atoms. The first kappa shape index (κ1) is 11.7. The topological polar surface area (TPSA) is 66.7 Å². The number of rotatable bonds is 5. The summed E-state index contributed by atoms with van der Waals surface area (Å²) in [6, 6.07) is 8.26. The standard InChI is InChI=1S/C13H18N4/c1-10-5-2-3-6-11(10)13-12(9-16-17-13)15-8-4-7-14/h2-3,5-6,9,15H,4,7-8,14H2,1H3,(H,16,17). The number of hydrogen-bond acceptors (Lipinski definition) is 3. The number of aromatic nitrogens is 2. The van der Waals surface area contributed by atoms with E-state index in [2.05, 4.69) is 34.6 Å². The fourth-order valence-electron chi connectivity index (χ4n) is 1.80. The second kappa shape index (κ2) is 5.50. The Bertz CT molecular complexity index is 476. The molecular weight excluding hydrogens is 212 g/mol. The zero-order valence-electron chi connectivity index (χ0n) is 10.0. The van der Waals surface area contributed by atoms with Gasteiger partial charge in [0.1, 0.15) is 0 Å². The molecular formula is C13H18N4. The van der Waals surface area contributed by atoms with Gasteiger partial charge in [-0.15, -0.1) is 0 Å². The van der Waals surface area contributed by atoms with Gasteiger partial charge < -0.3 is 11.1 Å². The van der Waals surface area contributed by atoms with Gasteiger partial charge in [0.25, 0.3) is 0 Å². The minimum absolute atomic E-state index is 0.699. The van der Waals surface area contributed by atoms with Crippen LogP contribution in [-0.4, -0.2) is 23.3 Å². The number of aromatic amines is 1. The van der Waals surface area contributed by atoms with E-state index < -0.39 is 0 Å². The fraction of sp³-hybridized carbons (Fsp3) is 0.308. The molecule has 2 rings (SSSR count). The van der Waals surface area contributed by atoms with E-state index in [4.69, 9.17) is 5.73 Å². The Kier molecular flexibility index (Phi) is 3.77. The second-order valence-corrected chi connectivity index (χ2v) is 4.04. The van der Waals surface area contributed by atoms with E-state index in [-0.39, 0.29) is 0 Å². The Balaban J connectivity index is 2.22. The molecule has 0 aliphatic carbocycles. The molecule has 17 heavy (non-hydrogen) atoms. The Hall–Kier alpha value is -1.81. The summed E-state index contributed by atoms with van der Waals surface area (Å²) < 4.78 is 0. The number of nitrogens with zero attached hydrogens (tertiary/aromatic N) is 1. The number of hydrogen-bond donors (Lipinski definition) is 3. The summed E-state index contributed by atoms with van der Waals surface area (Å²) in [6.45, 7) is 3.67. The number of aryl methyl sites for hydroxylation is 1.